The number of aliphatic carboxylic acids is 1. The highest BCUT2D eigenvalue weighted by Crippen LogP contribution is 2.29. The van der Waals surface area contributed by atoms with Crippen molar-refractivity contribution in [2.24, 2.45) is 5.92 Å². The van der Waals surface area contributed by atoms with Gasteiger partial charge in [0.2, 0.25) is 0 Å². The molecule has 0 fully saturated rings. The van der Waals surface area contributed by atoms with E-state index in [0.717, 1.165) is 31.4 Å². The maximum absolute atomic E-state index is 12.9. The van der Waals surface area contributed by atoms with Gasteiger partial charge in [0, 0.05) is 13.6 Å². The number of halogens is 3. The Hall–Kier alpha value is -3.28. The first-order valence-electron chi connectivity index (χ1n) is 11.1. The summed E-state index contributed by atoms with van der Waals surface area (Å²) < 4.78 is 60.2. The van der Waals surface area contributed by atoms with E-state index in [1.165, 1.54) is 12.1 Å². The summed E-state index contributed by atoms with van der Waals surface area (Å²) in [6.07, 6.45) is -2.26. The average molecular weight is 533 g/mol. The van der Waals surface area contributed by atoms with Crippen molar-refractivity contribution < 1.29 is 41.4 Å². The number of carbonyl (C=O) groups is 2. The predicted molar refractivity (Wildman–Crippen MR) is 131 cm³/mol. The first kappa shape index (κ1) is 30.8. The number of alkyl halides is 3. The van der Waals surface area contributed by atoms with Gasteiger partial charge in [0.05, 0.1) is 21.8 Å². The molecule has 0 aliphatic rings. The largest absolute Gasteiger partial charge is 0.490 e. The van der Waals surface area contributed by atoms with Crippen LogP contribution in [0.4, 0.5) is 24.5 Å². The highest BCUT2D eigenvalue weighted by molar-refractivity contribution is 7.92. The summed E-state index contributed by atoms with van der Waals surface area (Å²) in [7, 11) is -1.98. The number of hydrogen-bond acceptors (Lipinski definition) is 5. The molecule has 2 aromatic rings. The van der Waals surface area contributed by atoms with Crippen LogP contribution in [-0.2, 0) is 21.2 Å². The SMILES string of the molecule is CCCCN(C)c1ccc(C(=O)O)cc1NS(=O)(=O)c1ccc(CC(C)C)cc1.O=C(O)C(F)(F)F. The van der Waals surface area contributed by atoms with E-state index < -0.39 is 28.1 Å². The lowest BCUT2D eigenvalue weighted by molar-refractivity contribution is -0.192. The smallest absolute Gasteiger partial charge is 0.478 e. The fraction of sp³-hybridized carbons (Fsp3) is 0.417. The van der Waals surface area contributed by atoms with E-state index in [9.17, 15) is 31.5 Å². The normalized spacial score (nSPS) is 11.4. The van der Waals surface area contributed by atoms with Crippen molar-refractivity contribution in [2.45, 2.75) is 51.1 Å². The molecule has 0 amide bonds. The van der Waals surface area contributed by atoms with E-state index >= 15 is 0 Å². The van der Waals surface area contributed by atoms with E-state index in [2.05, 4.69) is 25.5 Å². The van der Waals surface area contributed by atoms with Crippen LogP contribution in [0, 0.1) is 5.92 Å². The molecule has 0 radical (unpaired) electrons. The topological polar surface area (TPSA) is 124 Å². The Morgan fingerprint density at radius 1 is 1.06 bits per heavy atom. The molecule has 0 atom stereocenters. The summed E-state index contributed by atoms with van der Waals surface area (Å²) in [6.45, 7) is 7.03. The van der Waals surface area contributed by atoms with Crippen molar-refractivity contribution in [3.05, 3.63) is 53.6 Å². The third-order valence-electron chi connectivity index (χ3n) is 4.87. The van der Waals surface area contributed by atoms with Gasteiger partial charge in [-0.1, -0.05) is 39.3 Å². The highest BCUT2D eigenvalue weighted by Gasteiger charge is 2.38. The molecular weight excluding hydrogens is 501 g/mol. The highest BCUT2D eigenvalue weighted by atomic mass is 32.2. The molecular formula is C24H31F3N2O6S. The molecule has 0 heterocycles. The Labute approximate surface area is 208 Å². The number of sulfonamides is 1. The van der Waals surface area contributed by atoms with Crippen molar-refractivity contribution in [1.82, 2.24) is 0 Å². The van der Waals surface area contributed by atoms with Crippen LogP contribution in [0.5, 0.6) is 0 Å². The minimum Gasteiger partial charge on any atom is -0.478 e. The number of anilines is 2. The maximum Gasteiger partial charge on any atom is 0.490 e. The third kappa shape index (κ3) is 9.76. The van der Waals surface area contributed by atoms with Gasteiger partial charge >= 0.3 is 18.1 Å². The molecule has 200 valence electrons. The number of hydrogen-bond donors (Lipinski definition) is 3. The Kier molecular flexibility index (Phi) is 11.2. The molecule has 36 heavy (non-hydrogen) atoms. The van der Waals surface area contributed by atoms with Crippen LogP contribution < -0.4 is 9.62 Å². The lowest BCUT2D eigenvalue weighted by Gasteiger charge is -2.23. The van der Waals surface area contributed by atoms with Gasteiger partial charge in [-0.25, -0.2) is 18.0 Å². The molecule has 0 spiro atoms. The second kappa shape index (κ2) is 13.1. The van der Waals surface area contributed by atoms with Gasteiger partial charge in [-0.2, -0.15) is 13.2 Å². The number of nitrogens with zero attached hydrogens (tertiary/aromatic N) is 1. The molecule has 2 rings (SSSR count). The maximum atomic E-state index is 12.9. The van der Waals surface area contributed by atoms with Crippen LogP contribution in [-0.4, -0.2) is 50.3 Å². The molecule has 0 aliphatic heterocycles. The zero-order valence-corrected chi connectivity index (χ0v) is 21.3. The van der Waals surface area contributed by atoms with E-state index in [4.69, 9.17) is 9.90 Å². The van der Waals surface area contributed by atoms with Crippen LogP contribution in [0.15, 0.2) is 47.4 Å². The number of carboxylic acid groups (broad SMARTS) is 2. The Morgan fingerprint density at radius 3 is 2.06 bits per heavy atom. The van der Waals surface area contributed by atoms with E-state index in [1.54, 1.807) is 18.2 Å². The lowest BCUT2D eigenvalue weighted by Crippen LogP contribution is -2.22. The summed E-state index contributed by atoms with van der Waals surface area (Å²) in [5, 5.41) is 16.4. The zero-order valence-electron chi connectivity index (χ0n) is 20.5. The number of benzene rings is 2. The fourth-order valence-corrected chi connectivity index (χ4v) is 4.14. The van der Waals surface area contributed by atoms with Crippen molar-refractivity contribution in [3.8, 4) is 0 Å². The van der Waals surface area contributed by atoms with Crippen molar-refractivity contribution in [2.75, 3.05) is 23.2 Å². The second-order valence-corrected chi connectivity index (χ2v) is 10.1. The number of aromatic carboxylic acids is 1. The Bertz CT molecular complexity index is 1130. The summed E-state index contributed by atoms with van der Waals surface area (Å²) in [5.74, 6) is -3.38. The second-order valence-electron chi connectivity index (χ2n) is 8.46. The molecule has 0 aliphatic carbocycles. The van der Waals surface area contributed by atoms with Gasteiger partial charge in [0.15, 0.2) is 0 Å². The van der Waals surface area contributed by atoms with Crippen LogP contribution in [0.25, 0.3) is 0 Å². The fourth-order valence-electron chi connectivity index (χ4n) is 3.08. The van der Waals surface area contributed by atoms with E-state index in [1.807, 2.05) is 24.1 Å². The Morgan fingerprint density at radius 2 is 1.61 bits per heavy atom. The van der Waals surface area contributed by atoms with Crippen molar-refractivity contribution >= 4 is 33.3 Å². The first-order valence-corrected chi connectivity index (χ1v) is 12.6. The summed E-state index contributed by atoms with van der Waals surface area (Å²) in [6, 6.07) is 11.3. The monoisotopic (exact) mass is 532 g/mol. The number of carboxylic acids is 2. The molecule has 0 bridgehead atoms. The number of nitrogens with one attached hydrogen (secondary N) is 1. The number of unbranched alkanes of at least 4 members (excludes halogenated alkanes) is 1. The standard InChI is InChI=1S/C22H30N2O4S.C2HF3O2/c1-5-6-13-24(4)21-12-9-18(22(25)26)15-20(21)23-29(27,28)19-10-7-17(8-11-19)14-16(2)3;3-2(4,5)1(6)7/h7-12,15-16,23H,5-6,13-14H2,1-4H3,(H,25,26);(H,6,7). The van der Waals surface area contributed by atoms with Crippen molar-refractivity contribution in [1.29, 1.82) is 0 Å². The van der Waals surface area contributed by atoms with Crippen LogP contribution in [0.2, 0.25) is 0 Å². The minimum atomic E-state index is -5.08. The molecule has 3 N–H and O–H groups in total. The van der Waals surface area contributed by atoms with Gasteiger partial charge in [-0.15, -0.1) is 0 Å². The summed E-state index contributed by atoms with van der Waals surface area (Å²) >= 11 is 0. The van der Waals surface area contributed by atoms with Crippen molar-refractivity contribution in [3.63, 3.8) is 0 Å². The predicted octanol–water partition coefficient (Wildman–Crippen LogP) is 5.25. The average Bonchev–Trinajstić information content (AvgIpc) is 2.76. The lowest BCUT2D eigenvalue weighted by atomic mass is 10.0. The van der Waals surface area contributed by atoms with Gasteiger partial charge in [0.25, 0.3) is 10.0 Å². The van der Waals surface area contributed by atoms with E-state index in [-0.39, 0.29) is 16.1 Å². The van der Waals surface area contributed by atoms with Gasteiger partial charge < -0.3 is 15.1 Å². The van der Waals surface area contributed by atoms with Crippen LogP contribution in [0.1, 0.15) is 49.5 Å². The van der Waals surface area contributed by atoms with Crippen LogP contribution in [0.3, 0.4) is 0 Å². The van der Waals surface area contributed by atoms with Gasteiger partial charge in [0.1, 0.15) is 0 Å². The van der Waals surface area contributed by atoms with E-state index in [0.29, 0.717) is 11.6 Å². The zero-order chi connectivity index (χ0) is 27.7. The number of rotatable bonds is 10. The van der Waals surface area contributed by atoms with Gasteiger partial charge in [-0.05, 0) is 54.7 Å². The third-order valence-corrected chi connectivity index (χ3v) is 6.25. The quantitative estimate of drug-likeness (QED) is 0.382. The summed E-state index contributed by atoms with van der Waals surface area (Å²) in [5.41, 5.74) is 2.01. The molecule has 8 nitrogen and oxygen atoms in total. The molecule has 0 aromatic heterocycles. The first-order chi connectivity index (χ1) is 16.6. The summed E-state index contributed by atoms with van der Waals surface area (Å²) in [4.78, 5) is 22.3. The molecule has 2 aromatic carbocycles. The molecule has 0 saturated carbocycles. The molecule has 12 heteroatoms. The molecule has 0 unspecified atom stereocenters. The van der Waals surface area contributed by atoms with Crippen LogP contribution >= 0.6 is 0 Å². The Balaban J connectivity index is 0.000000809. The van der Waals surface area contributed by atoms with Gasteiger partial charge in [-0.3, -0.25) is 4.72 Å². The minimum absolute atomic E-state index is 0.0302. The molecule has 0 saturated heterocycles.